The van der Waals surface area contributed by atoms with Crippen molar-refractivity contribution in [1.82, 2.24) is 9.76 Å². The molecule has 6 heteroatoms. The zero-order chi connectivity index (χ0) is 19.2. The second-order valence-corrected chi connectivity index (χ2v) is 11.9. The number of benzene rings is 2. The lowest BCUT2D eigenvalue weighted by Crippen LogP contribution is -2.27. The Morgan fingerprint density at radius 1 is 1.15 bits per heavy atom. The Morgan fingerprint density at radius 3 is 2.27 bits per heavy atom. The maximum atomic E-state index is 13.3. The van der Waals surface area contributed by atoms with Crippen LogP contribution in [0.25, 0.3) is 0 Å². The van der Waals surface area contributed by atoms with Gasteiger partial charge in [0.25, 0.3) is 6.65 Å². The topological polar surface area (TPSA) is 32.3 Å². The Balaban J connectivity index is 2.12. The SMILES string of the molecule is CCC(C)SP(=O)(NC)N(C)C(=S)c1ccc(Cc2ccccc2)cc1. The van der Waals surface area contributed by atoms with Crippen LogP contribution in [0.2, 0.25) is 0 Å². The van der Waals surface area contributed by atoms with Crippen LogP contribution in [0.1, 0.15) is 37.0 Å². The monoisotopic (exact) mass is 406 g/mol. The predicted molar refractivity (Wildman–Crippen MR) is 119 cm³/mol. The minimum atomic E-state index is -2.79. The smallest absolute Gasteiger partial charge is 0.293 e. The van der Waals surface area contributed by atoms with E-state index in [2.05, 4.69) is 55.3 Å². The van der Waals surface area contributed by atoms with E-state index in [4.69, 9.17) is 12.2 Å². The lowest BCUT2D eigenvalue weighted by molar-refractivity contribution is 0.550. The Morgan fingerprint density at radius 2 is 1.73 bits per heavy atom. The quantitative estimate of drug-likeness (QED) is 0.446. The van der Waals surface area contributed by atoms with Crippen LogP contribution in [0.4, 0.5) is 0 Å². The first kappa shape index (κ1) is 21.2. The number of rotatable bonds is 8. The van der Waals surface area contributed by atoms with E-state index in [-0.39, 0.29) is 0 Å². The third-order valence-electron chi connectivity index (χ3n) is 4.32. The first-order chi connectivity index (χ1) is 12.4. The molecule has 2 atom stereocenters. The zero-order valence-corrected chi connectivity index (χ0v) is 18.3. The Bertz CT molecular complexity index is 765. The van der Waals surface area contributed by atoms with E-state index in [0.29, 0.717) is 10.2 Å². The van der Waals surface area contributed by atoms with Gasteiger partial charge in [-0.1, -0.05) is 92.0 Å². The summed E-state index contributed by atoms with van der Waals surface area (Å²) in [6.45, 7) is 1.39. The molecule has 0 aromatic heterocycles. The molecule has 0 amide bonds. The molecule has 0 saturated heterocycles. The molecule has 1 N–H and O–H groups in total. The third-order valence-corrected chi connectivity index (χ3v) is 10.7. The summed E-state index contributed by atoms with van der Waals surface area (Å²) in [5, 5.41) is 3.29. The molecule has 0 fully saturated rings. The van der Waals surface area contributed by atoms with E-state index in [1.54, 1.807) is 11.7 Å². The second-order valence-electron chi connectivity index (χ2n) is 6.26. The van der Waals surface area contributed by atoms with Crippen molar-refractivity contribution in [2.24, 2.45) is 0 Å². The molecule has 0 aliphatic heterocycles. The van der Waals surface area contributed by atoms with E-state index < -0.39 is 6.65 Å². The van der Waals surface area contributed by atoms with Crippen molar-refractivity contribution in [3.8, 4) is 0 Å². The van der Waals surface area contributed by atoms with Crippen LogP contribution >= 0.6 is 30.2 Å². The standard InChI is InChI=1S/C20H27N2OPS2/c1-5-16(2)26-24(23,21-3)22(4)20(25)19-13-11-18(12-14-19)15-17-9-7-6-8-10-17/h6-14,16H,5,15H2,1-4H3,(H,21,23). The van der Waals surface area contributed by atoms with Gasteiger partial charge >= 0.3 is 0 Å². The molecule has 0 aliphatic rings. The van der Waals surface area contributed by atoms with Gasteiger partial charge in [-0.05, 0) is 31.0 Å². The van der Waals surface area contributed by atoms with Crippen LogP contribution in [0.5, 0.6) is 0 Å². The van der Waals surface area contributed by atoms with E-state index in [1.165, 1.54) is 22.5 Å². The van der Waals surface area contributed by atoms with Crippen LogP contribution in [0, 0.1) is 0 Å². The van der Waals surface area contributed by atoms with Crippen molar-refractivity contribution < 1.29 is 4.57 Å². The summed E-state index contributed by atoms with van der Waals surface area (Å²) >= 11 is 7.09. The summed E-state index contributed by atoms with van der Waals surface area (Å²) in [4.78, 5) is 0.602. The van der Waals surface area contributed by atoms with Crippen molar-refractivity contribution in [2.75, 3.05) is 14.1 Å². The summed E-state index contributed by atoms with van der Waals surface area (Å²) in [6.07, 6.45) is 1.85. The average molecular weight is 407 g/mol. The van der Waals surface area contributed by atoms with Gasteiger partial charge in [0.2, 0.25) is 0 Å². The van der Waals surface area contributed by atoms with E-state index in [9.17, 15) is 4.57 Å². The third kappa shape index (κ3) is 5.43. The molecular weight excluding hydrogens is 379 g/mol. The van der Waals surface area contributed by atoms with Crippen molar-refractivity contribution in [2.45, 2.75) is 31.9 Å². The summed E-state index contributed by atoms with van der Waals surface area (Å²) in [7, 11) is 3.55. The molecule has 0 heterocycles. The van der Waals surface area contributed by atoms with Crippen LogP contribution < -0.4 is 5.09 Å². The summed E-state index contributed by atoms with van der Waals surface area (Å²) < 4.78 is 15.0. The van der Waals surface area contributed by atoms with Crippen molar-refractivity contribution in [3.05, 3.63) is 71.3 Å². The average Bonchev–Trinajstić information content (AvgIpc) is 2.68. The van der Waals surface area contributed by atoms with Gasteiger partial charge in [0, 0.05) is 17.9 Å². The van der Waals surface area contributed by atoms with Crippen molar-refractivity contribution in [1.29, 1.82) is 0 Å². The summed E-state index contributed by atoms with van der Waals surface area (Å²) in [6, 6.07) is 18.6. The normalized spacial score (nSPS) is 14.5. The highest BCUT2D eigenvalue weighted by atomic mass is 32.7. The molecule has 0 saturated carbocycles. The highest BCUT2D eigenvalue weighted by Gasteiger charge is 2.31. The minimum Gasteiger partial charge on any atom is -0.296 e. The maximum Gasteiger partial charge on any atom is 0.293 e. The number of nitrogens with zero attached hydrogens (tertiary/aromatic N) is 1. The molecule has 0 bridgehead atoms. The molecule has 2 aromatic rings. The molecule has 2 rings (SSSR count). The van der Waals surface area contributed by atoms with Crippen molar-refractivity contribution in [3.63, 3.8) is 0 Å². The van der Waals surface area contributed by atoms with Gasteiger partial charge in [-0.25, -0.2) is 5.09 Å². The first-order valence-corrected chi connectivity index (χ1v) is 12.3. The molecule has 2 aromatic carbocycles. The molecular formula is C20H27N2OPS2. The van der Waals surface area contributed by atoms with Crippen LogP contribution in [-0.2, 0) is 11.0 Å². The van der Waals surface area contributed by atoms with Gasteiger partial charge < -0.3 is 0 Å². The lowest BCUT2D eigenvalue weighted by Gasteiger charge is -2.30. The Labute approximate surface area is 166 Å². The molecule has 0 aliphatic carbocycles. The largest absolute Gasteiger partial charge is 0.296 e. The first-order valence-electron chi connectivity index (χ1n) is 8.78. The predicted octanol–water partition coefficient (Wildman–Crippen LogP) is 5.74. The number of thiocarbonyl (C=S) groups is 1. The highest BCUT2D eigenvalue weighted by molar-refractivity contribution is 8.57. The molecule has 2 unspecified atom stereocenters. The van der Waals surface area contributed by atoms with Gasteiger partial charge in [-0.2, -0.15) is 0 Å². The Kier molecular flexibility index (Phi) is 7.90. The Hall–Kier alpha value is -1.13. The zero-order valence-electron chi connectivity index (χ0n) is 15.8. The van der Waals surface area contributed by atoms with Crippen LogP contribution in [-0.4, -0.2) is 29.0 Å². The molecule has 0 spiro atoms. The lowest BCUT2D eigenvalue weighted by atomic mass is 10.0. The molecule has 26 heavy (non-hydrogen) atoms. The molecule has 3 nitrogen and oxygen atoms in total. The number of hydrogen-bond donors (Lipinski definition) is 1. The van der Waals surface area contributed by atoms with Crippen molar-refractivity contribution >= 4 is 35.2 Å². The number of nitrogens with one attached hydrogen (secondary N) is 1. The summed E-state index contributed by atoms with van der Waals surface area (Å²) in [5.74, 6) is 0. The fourth-order valence-corrected chi connectivity index (χ4v) is 7.57. The second kappa shape index (κ2) is 9.70. The minimum absolute atomic E-state index is 0.298. The highest BCUT2D eigenvalue weighted by Crippen LogP contribution is 2.59. The molecule has 140 valence electrons. The van der Waals surface area contributed by atoms with Gasteiger partial charge in [-0.3, -0.25) is 9.24 Å². The van der Waals surface area contributed by atoms with Crippen LogP contribution in [0.15, 0.2) is 54.6 Å². The van der Waals surface area contributed by atoms with E-state index in [0.717, 1.165) is 18.4 Å². The summed E-state index contributed by atoms with van der Waals surface area (Å²) in [5.41, 5.74) is 3.43. The van der Waals surface area contributed by atoms with Gasteiger partial charge in [0.1, 0.15) is 4.99 Å². The van der Waals surface area contributed by atoms with E-state index >= 15 is 0 Å². The van der Waals surface area contributed by atoms with Gasteiger partial charge in [-0.15, -0.1) is 0 Å². The van der Waals surface area contributed by atoms with Gasteiger partial charge in [0.15, 0.2) is 0 Å². The van der Waals surface area contributed by atoms with Crippen LogP contribution in [0.3, 0.4) is 0 Å². The fourth-order valence-electron chi connectivity index (χ4n) is 2.50. The maximum absolute atomic E-state index is 13.3. The van der Waals surface area contributed by atoms with Gasteiger partial charge in [0.05, 0.1) is 0 Å². The van der Waals surface area contributed by atoms with E-state index in [1.807, 2.05) is 25.2 Å². The number of hydrogen-bond acceptors (Lipinski definition) is 3. The molecule has 0 radical (unpaired) electrons. The fraction of sp³-hybridized carbons (Fsp3) is 0.350.